The number of carbonyl (C=O) groups excluding carboxylic acids is 2. The van der Waals surface area contributed by atoms with E-state index < -0.39 is 28.5 Å². The molecule has 8 nitrogen and oxygen atoms in total. The number of ether oxygens (including phenoxy) is 1. The third kappa shape index (κ3) is 8.57. The molecular weight excluding hydrogens is 633 g/mol. The molecule has 11 heteroatoms. The van der Waals surface area contributed by atoms with Crippen LogP contribution in [0.4, 0.5) is 5.69 Å². The van der Waals surface area contributed by atoms with Crippen molar-refractivity contribution >= 4 is 50.7 Å². The van der Waals surface area contributed by atoms with Crippen molar-refractivity contribution in [3.05, 3.63) is 124 Å². The second kappa shape index (κ2) is 15.8. The number of halogens is 2. The van der Waals surface area contributed by atoms with Crippen molar-refractivity contribution in [3.8, 4) is 5.75 Å². The molecule has 0 spiro atoms. The van der Waals surface area contributed by atoms with Gasteiger partial charge < -0.3 is 15.0 Å². The third-order valence-corrected chi connectivity index (χ3v) is 9.68. The highest BCUT2D eigenvalue weighted by Crippen LogP contribution is 2.29. The maximum Gasteiger partial charge on any atom is 0.264 e. The summed E-state index contributed by atoms with van der Waals surface area (Å²) in [5.41, 5.74) is 1.55. The van der Waals surface area contributed by atoms with Crippen molar-refractivity contribution in [3.63, 3.8) is 0 Å². The summed E-state index contributed by atoms with van der Waals surface area (Å²) < 4.78 is 34.4. The van der Waals surface area contributed by atoms with Crippen molar-refractivity contribution in [1.29, 1.82) is 0 Å². The van der Waals surface area contributed by atoms with E-state index in [1.165, 1.54) is 36.3 Å². The molecule has 0 saturated carbocycles. The molecule has 4 aromatic rings. The van der Waals surface area contributed by atoms with E-state index in [-0.39, 0.29) is 29.5 Å². The summed E-state index contributed by atoms with van der Waals surface area (Å²) in [5, 5.41) is 3.55. The number of carbonyl (C=O) groups is 2. The lowest BCUT2D eigenvalue weighted by molar-refractivity contribution is -0.140. The van der Waals surface area contributed by atoms with Gasteiger partial charge in [-0.05, 0) is 60.5 Å². The molecule has 4 rings (SSSR count). The van der Waals surface area contributed by atoms with Gasteiger partial charge in [-0.25, -0.2) is 8.42 Å². The minimum Gasteiger partial charge on any atom is -0.497 e. The van der Waals surface area contributed by atoms with Gasteiger partial charge in [0.15, 0.2) is 0 Å². The van der Waals surface area contributed by atoms with Crippen molar-refractivity contribution < 1.29 is 22.7 Å². The van der Waals surface area contributed by atoms with Gasteiger partial charge in [-0.15, -0.1) is 0 Å². The highest BCUT2D eigenvalue weighted by atomic mass is 35.5. The smallest absolute Gasteiger partial charge is 0.264 e. The van der Waals surface area contributed by atoms with Crippen LogP contribution in [-0.2, 0) is 32.6 Å². The molecule has 0 saturated heterocycles. The topological polar surface area (TPSA) is 96.0 Å². The van der Waals surface area contributed by atoms with Crippen LogP contribution in [0.5, 0.6) is 5.75 Å². The SMILES string of the molecule is CCCNC(=O)C(Cc1ccccc1)N(Cc1c(Cl)cccc1Cl)C(=O)CN(c1ccccc1)S(=O)(=O)c1ccc(OC)cc1. The number of hydrogen-bond acceptors (Lipinski definition) is 5. The van der Waals surface area contributed by atoms with E-state index in [1.54, 1.807) is 48.5 Å². The van der Waals surface area contributed by atoms with Crippen LogP contribution >= 0.6 is 23.2 Å². The van der Waals surface area contributed by atoms with Crippen LogP contribution in [0.3, 0.4) is 0 Å². The first kappa shape index (κ1) is 33.8. The average Bonchev–Trinajstić information content (AvgIpc) is 3.06. The number of hydrogen-bond donors (Lipinski definition) is 1. The van der Waals surface area contributed by atoms with Gasteiger partial charge in [-0.3, -0.25) is 13.9 Å². The highest BCUT2D eigenvalue weighted by Gasteiger charge is 2.35. The summed E-state index contributed by atoms with van der Waals surface area (Å²) in [6.07, 6.45) is 0.872. The predicted molar refractivity (Wildman–Crippen MR) is 178 cm³/mol. The Labute approximate surface area is 274 Å². The molecule has 1 unspecified atom stereocenters. The largest absolute Gasteiger partial charge is 0.497 e. The zero-order valence-electron chi connectivity index (χ0n) is 25.0. The molecule has 0 fully saturated rings. The Morgan fingerprint density at radius 2 is 1.44 bits per heavy atom. The fraction of sp³-hybridized carbons (Fsp3) is 0.235. The maximum absolute atomic E-state index is 14.5. The van der Waals surface area contributed by atoms with Crippen molar-refractivity contribution in [2.75, 3.05) is 24.5 Å². The summed E-state index contributed by atoms with van der Waals surface area (Å²) in [7, 11) is -2.75. The summed E-state index contributed by atoms with van der Waals surface area (Å²) >= 11 is 13.1. The second-order valence-electron chi connectivity index (χ2n) is 10.2. The van der Waals surface area contributed by atoms with Crippen LogP contribution in [0.25, 0.3) is 0 Å². The van der Waals surface area contributed by atoms with Crippen LogP contribution in [0.15, 0.2) is 108 Å². The Balaban J connectivity index is 1.81. The Kier molecular flexibility index (Phi) is 11.9. The van der Waals surface area contributed by atoms with Gasteiger partial charge in [-0.1, -0.05) is 84.7 Å². The number of sulfonamides is 1. The van der Waals surface area contributed by atoms with Gasteiger partial charge in [-0.2, -0.15) is 0 Å². The molecule has 0 bridgehead atoms. The van der Waals surface area contributed by atoms with Crippen molar-refractivity contribution in [2.24, 2.45) is 0 Å². The minimum atomic E-state index is -4.24. The molecule has 0 heterocycles. The van der Waals surface area contributed by atoms with Crippen LogP contribution in [0.2, 0.25) is 10.0 Å². The highest BCUT2D eigenvalue weighted by molar-refractivity contribution is 7.92. The lowest BCUT2D eigenvalue weighted by Gasteiger charge is -2.34. The molecule has 1 N–H and O–H groups in total. The van der Waals surface area contributed by atoms with Gasteiger partial charge in [0.25, 0.3) is 10.0 Å². The maximum atomic E-state index is 14.5. The molecule has 4 aromatic carbocycles. The molecule has 1 atom stereocenters. The average molecular weight is 669 g/mol. The monoisotopic (exact) mass is 667 g/mol. The first-order valence-corrected chi connectivity index (χ1v) is 16.6. The fourth-order valence-electron chi connectivity index (χ4n) is 4.77. The lowest BCUT2D eigenvalue weighted by atomic mass is 10.0. The lowest BCUT2D eigenvalue weighted by Crippen LogP contribution is -2.53. The minimum absolute atomic E-state index is 0.0258. The van der Waals surface area contributed by atoms with Gasteiger partial charge in [0.1, 0.15) is 18.3 Å². The Morgan fingerprint density at radius 1 is 0.844 bits per heavy atom. The molecule has 0 aliphatic carbocycles. The number of amides is 2. The van der Waals surface area contributed by atoms with E-state index >= 15 is 0 Å². The molecule has 0 aliphatic heterocycles. The Bertz CT molecular complexity index is 1670. The van der Waals surface area contributed by atoms with E-state index in [0.29, 0.717) is 34.3 Å². The molecule has 2 amide bonds. The van der Waals surface area contributed by atoms with Crippen molar-refractivity contribution in [2.45, 2.75) is 37.2 Å². The quantitative estimate of drug-likeness (QED) is 0.169. The standard InChI is InChI=1S/C34H35Cl2N3O5S/c1-3-21-37-34(41)32(22-25-11-6-4-7-12-25)38(23-29-30(35)15-10-16-31(29)36)33(40)24-39(26-13-8-5-9-14-26)45(42,43)28-19-17-27(44-2)18-20-28/h4-20,32H,3,21-24H2,1-2H3,(H,37,41). The van der Waals surface area contributed by atoms with Gasteiger partial charge in [0.05, 0.1) is 17.7 Å². The number of rotatable bonds is 14. The van der Waals surface area contributed by atoms with Crippen LogP contribution in [-0.4, -0.2) is 51.4 Å². The molecular formula is C34H35Cl2N3O5S. The molecule has 0 radical (unpaired) electrons. The zero-order chi connectivity index (χ0) is 32.4. The summed E-state index contributed by atoms with van der Waals surface area (Å²) in [4.78, 5) is 29.5. The molecule has 45 heavy (non-hydrogen) atoms. The first-order valence-electron chi connectivity index (χ1n) is 14.4. The number of nitrogens with one attached hydrogen (secondary N) is 1. The van der Waals surface area contributed by atoms with E-state index in [9.17, 15) is 18.0 Å². The van der Waals surface area contributed by atoms with Gasteiger partial charge in [0, 0.05) is 35.1 Å². The normalized spacial score (nSPS) is 11.8. The summed E-state index contributed by atoms with van der Waals surface area (Å²) in [6.45, 7) is 1.62. The molecule has 236 valence electrons. The van der Waals surface area contributed by atoms with Crippen molar-refractivity contribution in [1.82, 2.24) is 10.2 Å². The van der Waals surface area contributed by atoms with Gasteiger partial charge in [0.2, 0.25) is 11.8 Å². The Hall–Kier alpha value is -4.05. The van der Waals surface area contributed by atoms with E-state index in [1.807, 2.05) is 37.3 Å². The third-order valence-electron chi connectivity index (χ3n) is 7.18. The second-order valence-corrected chi connectivity index (χ2v) is 12.9. The number of methoxy groups -OCH3 is 1. The Morgan fingerprint density at radius 3 is 2.02 bits per heavy atom. The predicted octanol–water partition coefficient (Wildman–Crippen LogP) is 6.36. The number of anilines is 1. The van der Waals surface area contributed by atoms with E-state index in [4.69, 9.17) is 27.9 Å². The van der Waals surface area contributed by atoms with Gasteiger partial charge >= 0.3 is 0 Å². The number of para-hydroxylation sites is 1. The number of nitrogens with zero attached hydrogens (tertiary/aromatic N) is 2. The first-order chi connectivity index (χ1) is 21.6. The van der Waals surface area contributed by atoms with Crippen LogP contribution in [0.1, 0.15) is 24.5 Å². The number of benzene rings is 4. The van der Waals surface area contributed by atoms with Crippen LogP contribution < -0.4 is 14.4 Å². The molecule has 0 aromatic heterocycles. The fourth-order valence-corrected chi connectivity index (χ4v) is 6.70. The van der Waals surface area contributed by atoms with E-state index in [0.717, 1.165) is 9.87 Å². The van der Waals surface area contributed by atoms with E-state index in [2.05, 4.69) is 5.32 Å². The zero-order valence-corrected chi connectivity index (χ0v) is 27.4. The molecule has 0 aliphatic rings. The van der Waals surface area contributed by atoms with Crippen LogP contribution in [0, 0.1) is 0 Å². The summed E-state index contributed by atoms with van der Waals surface area (Å²) in [5.74, 6) is -0.498. The summed E-state index contributed by atoms with van der Waals surface area (Å²) in [6, 6.07) is 27.6.